The van der Waals surface area contributed by atoms with Gasteiger partial charge < -0.3 is 0 Å². The van der Waals surface area contributed by atoms with Crippen molar-refractivity contribution >= 4 is 26.0 Å². The first-order chi connectivity index (χ1) is 8.92. The van der Waals surface area contributed by atoms with Crippen LogP contribution in [0.5, 0.6) is 0 Å². The maximum absolute atomic E-state index is 12.9. The van der Waals surface area contributed by atoms with Gasteiger partial charge in [0.25, 0.3) is 0 Å². The van der Waals surface area contributed by atoms with Gasteiger partial charge in [-0.05, 0) is 12.1 Å². The average molecular weight is 335 g/mol. The minimum Gasteiger partial charge on any atom is -0.257 e. The molecule has 2 nitrogen and oxygen atoms in total. The maximum Gasteiger partial charge on any atom is 1.00 e. The van der Waals surface area contributed by atoms with Gasteiger partial charge in [0.05, 0.1) is 9.84 Å². The molecule has 6 heteroatoms. The largest absolute Gasteiger partial charge is 1.00 e. The molecule has 0 atom stereocenters. The topological polar surface area (TPSA) is 34.1 Å². The molecule has 0 aliphatic rings. The molecule has 0 saturated heterocycles. The Kier molecular flexibility index (Phi) is 7.72. The number of sulfone groups is 1. The van der Waals surface area contributed by atoms with Gasteiger partial charge in [0.1, 0.15) is 0 Å². The standard InChI is InChI=1S/C15H27O2SSi2.Li/c1-19(2,3)12-15(13-20(4,5)6)18(16,17)14-10-8-7-9-11-14;/h7-11H,12-13H2,1-6H3;/q-1;+1. The van der Waals surface area contributed by atoms with E-state index >= 15 is 0 Å². The van der Waals surface area contributed by atoms with E-state index in [-0.39, 0.29) is 18.9 Å². The Bertz CT molecular complexity index is 515. The zero-order valence-electron chi connectivity index (χ0n) is 14.5. The summed E-state index contributed by atoms with van der Waals surface area (Å²) in [7, 11) is -6.19. The van der Waals surface area contributed by atoms with Crippen LogP contribution >= 0.6 is 0 Å². The van der Waals surface area contributed by atoms with Gasteiger partial charge in [-0.2, -0.15) is 17.3 Å². The van der Waals surface area contributed by atoms with Gasteiger partial charge >= 0.3 is 18.9 Å². The van der Waals surface area contributed by atoms with Crippen molar-refractivity contribution in [2.75, 3.05) is 0 Å². The Balaban J connectivity index is 0.00000400. The molecule has 0 amide bonds. The first-order valence-corrected chi connectivity index (χ1v) is 16.0. The Labute approximate surface area is 144 Å². The van der Waals surface area contributed by atoms with Crippen LogP contribution in [0.1, 0.15) is 0 Å². The first kappa shape index (κ1) is 21.2. The van der Waals surface area contributed by atoms with E-state index in [1.165, 1.54) is 0 Å². The van der Waals surface area contributed by atoms with Gasteiger partial charge in [-0.25, -0.2) is 0 Å². The van der Waals surface area contributed by atoms with Crippen LogP contribution in [0.25, 0.3) is 0 Å². The summed E-state index contributed by atoms with van der Waals surface area (Å²) in [6, 6.07) is 10.4. The van der Waals surface area contributed by atoms with Gasteiger partial charge in [0, 0.05) is 21.0 Å². The Morgan fingerprint density at radius 3 is 1.57 bits per heavy atom. The first-order valence-electron chi connectivity index (χ1n) is 7.07. The van der Waals surface area contributed by atoms with E-state index in [1.807, 2.05) is 6.07 Å². The normalized spacial score (nSPS) is 13.1. The molecule has 0 spiro atoms. The minimum absolute atomic E-state index is 0. The fourth-order valence-electron chi connectivity index (χ4n) is 2.20. The third-order valence-corrected chi connectivity index (χ3v) is 8.32. The van der Waals surface area contributed by atoms with Crippen LogP contribution in [-0.4, -0.2) is 24.6 Å². The zero-order chi connectivity index (χ0) is 15.6. The summed E-state index contributed by atoms with van der Waals surface area (Å²) in [5.74, 6) is 0. The summed E-state index contributed by atoms with van der Waals surface area (Å²) in [4.78, 5) is 0.450. The van der Waals surface area contributed by atoms with E-state index < -0.39 is 26.0 Å². The van der Waals surface area contributed by atoms with E-state index in [9.17, 15) is 8.42 Å². The van der Waals surface area contributed by atoms with Gasteiger partial charge in [0.15, 0.2) is 0 Å². The van der Waals surface area contributed by atoms with Gasteiger partial charge in [-0.3, -0.25) is 8.42 Å². The average Bonchev–Trinajstić information content (AvgIpc) is 2.25. The number of benzene rings is 1. The molecule has 0 bridgehead atoms. The molecule has 0 radical (unpaired) electrons. The molecule has 0 unspecified atom stereocenters. The number of rotatable bonds is 6. The van der Waals surface area contributed by atoms with Crippen LogP contribution < -0.4 is 18.9 Å². The van der Waals surface area contributed by atoms with Gasteiger partial charge in [-0.15, -0.1) is 0 Å². The molecule has 0 aliphatic heterocycles. The van der Waals surface area contributed by atoms with Crippen molar-refractivity contribution in [2.24, 2.45) is 0 Å². The van der Waals surface area contributed by atoms with Crippen molar-refractivity contribution in [3.63, 3.8) is 0 Å². The van der Waals surface area contributed by atoms with Crippen LogP contribution in [-0.2, 0) is 9.84 Å². The van der Waals surface area contributed by atoms with Crippen LogP contribution in [0.15, 0.2) is 35.2 Å². The molecule has 0 saturated carbocycles. The van der Waals surface area contributed by atoms with E-state index in [0.717, 1.165) is 17.3 Å². The van der Waals surface area contributed by atoms with Crippen molar-refractivity contribution < 1.29 is 27.3 Å². The van der Waals surface area contributed by atoms with E-state index in [2.05, 4.69) is 39.3 Å². The van der Waals surface area contributed by atoms with Gasteiger partial charge in [-0.1, -0.05) is 57.5 Å². The van der Waals surface area contributed by atoms with E-state index in [0.29, 0.717) is 4.90 Å². The summed E-state index contributed by atoms with van der Waals surface area (Å²) >= 11 is 0. The van der Waals surface area contributed by atoms with Crippen LogP contribution in [0.3, 0.4) is 0 Å². The molecule has 0 N–H and O–H groups in total. The van der Waals surface area contributed by atoms with Crippen molar-refractivity contribution in [3.05, 3.63) is 35.6 Å². The van der Waals surface area contributed by atoms with Gasteiger partial charge in [0.2, 0.25) is 0 Å². The molecule has 1 aromatic carbocycles. The number of hydrogen-bond acceptors (Lipinski definition) is 2. The summed E-state index contributed by atoms with van der Waals surface area (Å²) in [6.07, 6.45) is 0. The molecule has 1 rings (SSSR count). The summed E-state index contributed by atoms with van der Waals surface area (Å²) in [6.45, 7) is 13.4. The third kappa shape index (κ3) is 7.34. The van der Waals surface area contributed by atoms with E-state index in [4.69, 9.17) is 0 Å². The maximum atomic E-state index is 12.9. The van der Waals surface area contributed by atoms with Crippen molar-refractivity contribution in [2.45, 2.75) is 56.3 Å². The molecule has 0 fully saturated rings. The quantitative estimate of drug-likeness (QED) is 0.586. The Hall–Kier alpha value is 0.201. The van der Waals surface area contributed by atoms with Crippen LogP contribution in [0, 0.1) is 5.25 Å². The molecule has 1 aromatic rings. The van der Waals surface area contributed by atoms with Crippen molar-refractivity contribution in [1.29, 1.82) is 0 Å². The molecular formula is C15H27LiO2SSi2. The van der Waals surface area contributed by atoms with E-state index in [1.54, 1.807) is 24.3 Å². The minimum atomic E-state index is -3.28. The van der Waals surface area contributed by atoms with Crippen molar-refractivity contribution in [3.8, 4) is 0 Å². The second kappa shape index (κ2) is 7.65. The predicted octanol–water partition coefficient (Wildman–Crippen LogP) is 1.67. The second-order valence-corrected chi connectivity index (χ2v) is 20.8. The molecule has 0 heterocycles. The monoisotopic (exact) mass is 334 g/mol. The zero-order valence-corrected chi connectivity index (χ0v) is 17.3. The fraction of sp³-hybridized carbons (Fsp3) is 0.533. The third-order valence-electron chi connectivity index (χ3n) is 2.89. The molecule has 0 aromatic heterocycles. The number of hydrogen-bond donors (Lipinski definition) is 0. The summed E-state index contributed by atoms with van der Waals surface area (Å²) < 4.78 is 25.8. The van der Waals surface area contributed by atoms with Crippen LogP contribution in [0.4, 0.5) is 0 Å². The Morgan fingerprint density at radius 1 is 0.857 bits per heavy atom. The molecule has 114 valence electrons. The smallest absolute Gasteiger partial charge is 0.257 e. The van der Waals surface area contributed by atoms with Crippen molar-refractivity contribution in [1.82, 2.24) is 0 Å². The predicted molar refractivity (Wildman–Crippen MR) is 93.2 cm³/mol. The van der Waals surface area contributed by atoms with Crippen LogP contribution in [0.2, 0.25) is 51.4 Å². The second-order valence-electron chi connectivity index (χ2n) is 7.83. The SMILES string of the molecule is C[Si](C)(C)C[C-](C[Si](C)(C)C)S(=O)(=O)c1ccccc1.[Li+]. The molecule has 21 heavy (non-hydrogen) atoms. The fourth-order valence-corrected chi connectivity index (χ4v) is 10.0. The summed E-state index contributed by atoms with van der Waals surface area (Å²) in [5.41, 5.74) is 0. The Morgan fingerprint density at radius 2 is 1.24 bits per heavy atom. The molecule has 0 aliphatic carbocycles. The molecular weight excluding hydrogens is 307 g/mol. The summed E-state index contributed by atoms with van der Waals surface area (Å²) in [5, 5.41) is 0.766.